The highest BCUT2D eigenvalue weighted by Crippen LogP contribution is 2.32. The van der Waals surface area contributed by atoms with Crippen LogP contribution in [0.4, 0.5) is 0 Å². The number of rotatable bonds is 5. The minimum atomic E-state index is -0.461. The fourth-order valence-corrected chi connectivity index (χ4v) is 4.84. The molecule has 0 aliphatic rings. The fourth-order valence-electron chi connectivity index (χ4n) is 4.84. The van der Waals surface area contributed by atoms with Crippen LogP contribution in [0.5, 0.6) is 0 Å². The van der Waals surface area contributed by atoms with Crippen molar-refractivity contribution < 1.29 is 6.85 Å². The second-order valence-electron chi connectivity index (χ2n) is 9.43. The van der Waals surface area contributed by atoms with Crippen molar-refractivity contribution in [3.05, 3.63) is 152 Å². The maximum Gasteiger partial charge on any atom is 0.160 e. The van der Waals surface area contributed by atoms with Gasteiger partial charge in [0.05, 0.1) is 18.2 Å². The van der Waals surface area contributed by atoms with Gasteiger partial charge < -0.3 is 0 Å². The van der Waals surface area contributed by atoms with Crippen LogP contribution < -0.4 is 0 Å². The van der Waals surface area contributed by atoms with Gasteiger partial charge in [0.2, 0.25) is 0 Å². The highest BCUT2D eigenvalue weighted by atomic mass is 14.9. The van der Waals surface area contributed by atoms with Crippen LogP contribution in [-0.4, -0.2) is 15.0 Å². The number of hydrogen-bond donors (Lipinski definition) is 0. The first kappa shape index (κ1) is 18.8. The summed E-state index contributed by atoms with van der Waals surface area (Å²) in [5, 5.41) is 2.30. The third-order valence-corrected chi connectivity index (χ3v) is 6.84. The molecule has 0 amide bonds. The molecule has 0 spiro atoms. The monoisotopic (exact) mass is 516 g/mol. The van der Waals surface area contributed by atoms with Gasteiger partial charge in [0.1, 0.15) is 0 Å². The summed E-state index contributed by atoms with van der Waals surface area (Å²) in [6.45, 7) is 0. The van der Waals surface area contributed by atoms with Crippen molar-refractivity contribution in [1.29, 1.82) is 0 Å². The molecule has 188 valence electrons. The van der Waals surface area contributed by atoms with Crippen LogP contribution >= 0.6 is 0 Å². The van der Waals surface area contributed by atoms with Gasteiger partial charge in [0.15, 0.2) is 5.82 Å². The van der Waals surface area contributed by atoms with E-state index in [9.17, 15) is 0 Å². The highest BCUT2D eigenvalue weighted by Gasteiger charge is 2.12. The molecule has 0 atom stereocenters. The SMILES string of the molecule is [2H]c1c([2H])c([2H])c(-c2nc(-c3cccc(-c4cccnc4)c3)cc(-c3cccc(-c4ccc5ccccc5c4)c3)n2)c([2H])c1[2H]. The molecule has 0 saturated carbocycles. The number of pyridine rings is 1. The normalized spacial score (nSPS) is 12.8. The second kappa shape index (κ2) is 10.4. The Morgan fingerprint density at radius 2 is 1.07 bits per heavy atom. The van der Waals surface area contributed by atoms with Crippen LogP contribution in [-0.2, 0) is 0 Å². The van der Waals surface area contributed by atoms with Gasteiger partial charge in [0, 0.05) is 34.6 Å². The molecule has 0 radical (unpaired) electrons. The second-order valence-corrected chi connectivity index (χ2v) is 9.43. The van der Waals surface area contributed by atoms with Gasteiger partial charge in [-0.3, -0.25) is 4.98 Å². The molecule has 0 unspecified atom stereocenters. The Bertz CT molecular complexity index is 2210. The largest absolute Gasteiger partial charge is 0.264 e. The van der Waals surface area contributed by atoms with Crippen molar-refractivity contribution in [3.8, 4) is 56.2 Å². The number of benzene rings is 5. The Hall–Kier alpha value is -5.41. The van der Waals surface area contributed by atoms with Crippen LogP contribution in [0.25, 0.3) is 66.9 Å². The van der Waals surface area contributed by atoms with Crippen molar-refractivity contribution in [2.24, 2.45) is 0 Å². The number of fused-ring (bicyclic) bond motifs is 1. The molecule has 2 heterocycles. The number of nitrogens with zero attached hydrogens (tertiary/aromatic N) is 3. The molecule has 5 aromatic carbocycles. The summed E-state index contributed by atoms with van der Waals surface area (Å²) in [4.78, 5) is 13.8. The molecule has 7 aromatic rings. The van der Waals surface area contributed by atoms with E-state index in [4.69, 9.17) is 16.8 Å². The summed E-state index contributed by atoms with van der Waals surface area (Å²) in [6.07, 6.45) is 3.52. The number of aromatic nitrogens is 3. The topological polar surface area (TPSA) is 38.7 Å². The van der Waals surface area contributed by atoms with Crippen molar-refractivity contribution in [1.82, 2.24) is 15.0 Å². The first-order chi connectivity index (χ1) is 21.9. The fraction of sp³-hybridized carbons (Fsp3) is 0. The van der Waals surface area contributed by atoms with E-state index in [1.165, 1.54) is 0 Å². The van der Waals surface area contributed by atoms with Gasteiger partial charge in [-0.25, -0.2) is 9.97 Å². The van der Waals surface area contributed by atoms with Gasteiger partial charge in [-0.05, 0) is 57.8 Å². The summed E-state index contributed by atoms with van der Waals surface area (Å²) in [5.74, 6) is 0.0578. The summed E-state index contributed by atoms with van der Waals surface area (Å²) in [5.41, 5.74) is 6.63. The predicted octanol–water partition coefficient (Wildman–Crippen LogP) is 9.36. The van der Waals surface area contributed by atoms with E-state index >= 15 is 0 Å². The lowest BCUT2D eigenvalue weighted by Gasteiger charge is -2.12. The lowest BCUT2D eigenvalue weighted by molar-refractivity contribution is 1.18. The van der Waals surface area contributed by atoms with Gasteiger partial charge >= 0.3 is 0 Å². The molecule has 0 bridgehead atoms. The molecular weight excluding hydrogens is 486 g/mol. The highest BCUT2D eigenvalue weighted by molar-refractivity contribution is 5.88. The van der Waals surface area contributed by atoms with Crippen molar-refractivity contribution in [2.75, 3.05) is 0 Å². The summed E-state index contributed by atoms with van der Waals surface area (Å²) >= 11 is 0. The summed E-state index contributed by atoms with van der Waals surface area (Å²) in [7, 11) is 0. The van der Waals surface area contributed by atoms with E-state index in [0.29, 0.717) is 11.4 Å². The van der Waals surface area contributed by atoms with E-state index in [1.807, 2.05) is 78.9 Å². The van der Waals surface area contributed by atoms with E-state index in [-0.39, 0.29) is 23.5 Å². The Balaban J connectivity index is 1.42. The molecule has 0 aliphatic heterocycles. The van der Waals surface area contributed by atoms with Gasteiger partial charge in [-0.1, -0.05) is 109 Å². The first-order valence-electron chi connectivity index (χ1n) is 15.4. The molecule has 7 rings (SSSR count). The number of hydrogen-bond acceptors (Lipinski definition) is 3. The zero-order valence-corrected chi connectivity index (χ0v) is 21.4. The molecule has 3 nitrogen and oxygen atoms in total. The summed E-state index contributed by atoms with van der Waals surface area (Å²) in [6, 6.07) is 34.2. The van der Waals surface area contributed by atoms with Crippen molar-refractivity contribution >= 4 is 10.8 Å². The van der Waals surface area contributed by atoms with Crippen LogP contribution in [0.2, 0.25) is 0 Å². The van der Waals surface area contributed by atoms with Gasteiger partial charge in [0.25, 0.3) is 0 Å². The predicted molar refractivity (Wildman–Crippen MR) is 165 cm³/mol. The Morgan fingerprint density at radius 1 is 0.450 bits per heavy atom. The maximum atomic E-state index is 8.62. The van der Waals surface area contributed by atoms with Gasteiger partial charge in [-0.2, -0.15) is 0 Å². The molecular formula is C37H25N3. The smallest absolute Gasteiger partial charge is 0.160 e. The molecule has 3 heteroatoms. The van der Waals surface area contributed by atoms with E-state index in [1.54, 1.807) is 12.4 Å². The van der Waals surface area contributed by atoms with Crippen LogP contribution in [0.15, 0.2) is 152 Å². The average Bonchev–Trinajstić information content (AvgIpc) is 3.10. The molecule has 0 aliphatic carbocycles. The zero-order valence-electron chi connectivity index (χ0n) is 26.4. The van der Waals surface area contributed by atoms with Crippen LogP contribution in [0.3, 0.4) is 0 Å². The third kappa shape index (κ3) is 4.77. The standard InChI is InChI=1S/C37H25N3/c1-2-10-27(11-3-1)37-39-35(24-36(40-37)33-16-7-14-30(23-33)34-17-8-20-38-25-34)32-15-6-13-29(22-32)31-19-18-26-9-4-5-12-28(26)21-31/h1-25H/i1D,2D,3D,10D,11D. The zero-order chi connectivity index (χ0) is 31.1. The van der Waals surface area contributed by atoms with E-state index in [2.05, 4.69) is 35.3 Å². The molecule has 0 saturated heterocycles. The molecule has 0 fully saturated rings. The first-order valence-corrected chi connectivity index (χ1v) is 12.9. The Kier molecular flexibility index (Phi) is 4.88. The van der Waals surface area contributed by atoms with Crippen molar-refractivity contribution in [3.63, 3.8) is 0 Å². The average molecular weight is 517 g/mol. The quantitative estimate of drug-likeness (QED) is 0.229. The summed E-state index contributed by atoms with van der Waals surface area (Å²) < 4.78 is 41.8. The molecule has 0 N–H and O–H groups in total. The van der Waals surface area contributed by atoms with Gasteiger partial charge in [-0.15, -0.1) is 0 Å². The van der Waals surface area contributed by atoms with Crippen LogP contribution in [0.1, 0.15) is 6.85 Å². The van der Waals surface area contributed by atoms with E-state index in [0.717, 1.165) is 44.2 Å². The van der Waals surface area contributed by atoms with Crippen molar-refractivity contribution in [2.45, 2.75) is 0 Å². The Morgan fingerprint density at radius 3 is 1.77 bits per heavy atom. The lowest BCUT2D eigenvalue weighted by atomic mass is 9.98. The minimum Gasteiger partial charge on any atom is -0.264 e. The maximum absolute atomic E-state index is 8.62. The Labute approximate surface area is 240 Å². The van der Waals surface area contributed by atoms with Crippen LogP contribution in [0, 0.1) is 0 Å². The third-order valence-electron chi connectivity index (χ3n) is 6.84. The molecule has 40 heavy (non-hydrogen) atoms. The van der Waals surface area contributed by atoms with E-state index < -0.39 is 18.1 Å². The lowest BCUT2D eigenvalue weighted by Crippen LogP contribution is -1.96. The minimum absolute atomic E-state index is 0.0433. The molecule has 2 aromatic heterocycles.